The van der Waals surface area contributed by atoms with E-state index < -0.39 is 12.5 Å². The Hall–Kier alpha value is -3.20. The fraction of sp³-hybridized carbons (Fsp3) is 0.286. The second-order valence-electron chi connectivity index (χ2n) is 6.75. The van der Waals surface area contributed by atoms with Crippen molar-refractivity contribution >= 4 is 24.6 Å². The molecular weight excluding hydrogens is 437 g/mol. The van der Waals surface area contributed by atoms with E-state index in [1.165, 1.54) is 26.4 Å². The molecule has 0 amide bonds. The highest BCUT2D eigenvalue weighted by molar-refractivity contribution is 7.62. The van der Waals surface area contributed by atoms with Crippen molar-refractivity contribution in [3.63, 3.8) is 0 Å². The number of hydrogen-bond donors (Lipinski definition) is 1. The van der Waals surface area contributed by atoms with Crippen molar-refractivity contribution in [2.24, 2.45) is 0 Å². The lowest BCUT2D eigenvalue weighted by molar-refractivity contribution is -0.384. The summed E-state index contributed by atoms with van der Waals surface area (Å²) in [6.07, 6.45) is 0.921. The van der Waals surface area contributed by atoms with Gasteiger partial charge in [-0.15, -0.1) is 0 Å². The zero-order valence-electron chi connectivity index (χ0n) is 17.9. The Morgan fingerprint density at radius 1 is 1.03 bits per heavy atom. The topological polar surface area (TPSA) is 126 Å². The Bertz CT molecular complexity index is 1090. The van der Waals surface area contributed by atoms with Crippen LogP contribution in [0.4, 0.5) is 11.6 Å². The second-order valence-corrected chi connectivity index (χ2v) is 8.90. The number of hydrogen-bond acceptors (Lipinski definition) is 9. The van der Waals surface area contributed by atoms with Crippen molar-refractivity contribution in [1.29, 1.82) is 0 Å². The number of nitro groups is 1. The van der Waals surface area contributed by atoms with E-state index >= 15 is 0 Å². The van der Waals surface area contributed by atoms with Crippen molar-refractivity contribution in [1.82, 2.24) is 4.98 Å². The van der Waals surface area contributed by atoms with Crippen molar-refractivity contribution in [2.75, 3.05) is 33.2 Å². The molecule has 0 radical (unpaired) electrons. The Morgan fingerprint density at radius 3 is 2.22 bits per heavy atom. The molecule has 11 heteroatoms. The number of nitrogens with zero attached hydrogens (tertiary/aromatic N) is 2. The monoisotopic (exact) mass is 461 g/mol. The maximum Gasteiger partial charge on any atom is 0.384 e. The van der Waals surface area contributed by atoms with Gasteiger partial charge in [0.05, 0.1) is 12.0 Å². The Balaban J connectivity index is 1.77. The maximum absolute atomic E-state index is 13.0. The number of benzene rings is 2. The van der Waals surface area contributed by atoms with Crippen LogP contribution < -0.4 is 15.5 Å². The number of non-ortho nitro benzene ring substituents is 1. The predicted molar refractivity (Wildman–Crippen MR) is 119 cm³/mol. The highest BCUT2D eigenvalue weighted by Crippen LogP contribution is 2.47. The number of nitro benzene ring substituents is 1. The average molecular weight is 461 g/mol. The third kappa shape index (κ3) is 5.53. The van der Waals surface area contributed by atoms with Crippen molar-refractivity contribution in [2.45, 2.75) is 12.8 Å². The SMILES string of the molecule is COc1ccc(CCNc2oc(Cc3ccc([N+](=O)[O-])cc3)nc2P(=O)(OC)OC)cc1. The second kappa shape index (κ2) is 10.4. The van der Waals surface area contributed by atoms with E-state index in [-0.39, 0.29) is 29.3 Å². The molecule has 170 valence electrons. The van der Waals surface area contributed by atoms with E-state index in [9.17, 15) is 14.7 Å². The molecule has 0 unspecified atom stereocenters. The largest absolute Gasteiger partial charge is 0.497 e. The van der Waals surface area contributed by atoms with E-state index in [1.54, 1.807) is 19.2 Å². The number of anilines is 1. The normalized spacial score (nSPS) is 11.3. The summed E-state index contributed by atoms with van der Waals surface area (Å²) >= 11 is 0. The number of methoxy groups -OCH3 is 1. The first-order valence-electron chi connectivity index (χ1n) is 9.70. The molecule has 1 N–H and O–H groups in total. The van der Waals surface area contributed by atoms with Crippen LogP contribution in [0.15, 0.2) is 52.9 Å². The molecule has 0 saturated heterocycles. The van der Waals surface area contributed by atoms with Gasteiger partial charge in [-0.05, 0) is 29.7 Å². The van der Waals surface area contributed by atoms with E-state index in [0.29, 0.717) is 13.0 Å². The number of nitrogens with one attached hydrogen (secondary N) is 1. The molecule has 1 aromatic heterocycles. The molecule has 1 heterocycles. The minimum absolute atomic E-state index is 0.00834. The molecule has 0 bridgehead atoms. The smallest absolute Gasteiger partial charge is 0.384 e. The fourth-order valence-corrected chi connectivity index (χ4v) is 4.10. The summed E-state index contributed by atoms with van der Waals surface area (Å²) in [7, 11) is 0.487. The summed E-state index contributed by atoms with van der Waals surface area (Å²) in [5.74, 6) is 1.24. The minimum atomic E-state index is -3.67. The summed E-state index contributed by atoms with van der Waals surface area (Å²) in [6.45, 7) is 0.485. The number of rotatable bonds is 11. The zero-order valence-corrected chi connectivity index (χ0v) is 18.8. The van der Waals surface area contributed by atoms with Crippen LogP contribution in [0.25, 0.3) is 0 Å². The molecule has 0 aliphatic rings. The molecule has 0 aliphatic carbocycles. The molecule has 10 nitrogen and oxygen atoms in total. The summed E-state index contributed by atoms with van der Waals surface area (Å²) < 4.78 is 34.1. The third-order valence-corrected chi connectivity index (χ3v) is 6.54. The summed E-state index contributed by atoms with van der Waals surface area (Å²) in [5, 5.41) is 13.9. The van der Waals surface area contributed by atoms with Crippen LogP contribution in [0.1, 0.15) is 17.0 Å². The highest BCUT2D eigenvalue weighted by atomic mass is 31.2. The lowest BCUT2D eigenvalue weighted by Crippen LogP contribution is -2.16. The first-order chi connectivity index (χ1) is 15.4. The van der Waals surface area contributed by atoms with Crippen LogP contribution in [0.2, 0.25) is 0 Å². The first kappa shape index (κ1) is 23.5. The highest BCUT2D eigenvalue weighted by Gasteiger charge is 2.34. The lowest BCUT2D eigenvalue weighted by atomic mass is 10.1. The molecule has 0 atom stereocenters. The lowest BCUT2D eigenvalue weighted by Gasteiger charge is -2.12. The summed E-state index contributed by atoms with van der Waals surface area (Å²) in [6, 6.07) is 13.7. The van der Waals surface area contributed by atoms with Crippen LogP contribution in [0.5, 0.6) is 5.75 Å². The number of oxazole rings is 1. The van der Waals surface area contributed by atoms with Gasteiger partial charge in [-0.3, -0.25) is 14.7 Å². The fourth-order valence-electron chi connectivity index (χ4n) is 3.00. The molecule has 0 spiro atoms. The van der Waals surface area contributed by atoms with Crippen molar-refractivity contribution in [3.05, 3.63) is 75.7 Å². The molecule has 3 aromatic rings. The van der Waals surface area contributed by atoms with Crippen LogP contribution in [-0.4, -0.2) is 37.8 Å². The van der Waals surface area contributed by atoms with Gasteiger partial charge in [0, 0.05) is 39.3 Å². The van der Waals surface area contributed by atoms with Gasteiger partial charge in [0.25, 0.3) is 5.69 Å². The maximum atomic E-state index is 13.0. The molecule has 32 heavy (non-hydrogen) atoms. The summed E-state index contributed by atoms with van der Waals surface area (Å²) in [4.78, 5) is 14.7. The van der Waals surface area contributed by atoms with Gasteiger partial charge < -0.3 is 23.5 Å². The average Bonchev–Trinajstić information content (AvgIpc) is 3.22. The number of ether oxygens (including phenoxy) is 1. The van der Waals surface area contributed by atoms with E-state index in [4.69, 9.17) is 18.2 Å². The van der Waals surface area contributed by atoms with Crippen LogP contribution in [-0.2, 0) is 26.5 Å². The molecule has 0 saturated carbocycles. The summed E-state index contributed by atoms with van der Waals surface area (Å²) in [5.41, 5.74) is 1.87. The predicted octanol–water partition coefficient (Wildman–Crippen LogP) is 3.95. The van der Waals surface area contributed by atoms with E-state index in [1.807, 2.05) is 24.3 Å². The van der Waals surface area contributed by atoms with E-state index in [2.05, 4.69) is 10.3 Å². The molecule has 0 fully saturated rings. The quantitative estimate of drug-likeness (QED) is 0.257. The molecule has 2 aromatic carbocycles. The van der Waals surface area contributed by atoms with Gasteiger partial charge in [0.2, 0.25) is 17.2 Å². The van der Waals surface area contributed by atoms with Crippen molar-refractivity contribution in [3.8, 4) is 5.75 Å². The van der Waals surface area contributed by atoms with Gasteiger partial charge in [0.15, 0.2) is 0 Å². The molecular formula is C21H24N3O7P. The molecule has 3 rings (SSSR count). The van der Waals surface area contributed by atoms with Gasteiger partial charge in [-0.2, -0.15) is 0 Å². The Morgan fingerprint density at radius 2 is 1.66 bits per heavy atom. The standard InChI is InChI=1S/C21H24N3O7P/c1-28-18-10-6-15(7-11-18)12-13-22-20-21(32(27,29-2)30-3)23-19(31-20)14-16-4-8-17(9-5-16)24(25)26/h4-11,22H,12-14H2,1-3H3. The zero-order chi connectivity index (χ0) is 23.1. The Labute approximate surface area is 185 Å². The van der Waals surface area contributed by atoms with Crippen LogP contribution in [0, 0.1) is 10.1 Å². The van der Waals surface area contributed by atoms with Gasteiger partial charge in [0.1, 0.15) is 5.75 Å². The van der Waals surface area contributed by atoms with Crippen LogP contribution in [0.3, 0.4) is 0 Å². The first-order valence-corrected chi connectivity index (χ1v) is 11.2. The van der Waals surface area contributed by atoms with Gasteiger partial charge >= 0.3 is 7.60 Å². The number of aromatic nitrogens is 1. The Kier molecular flexibility index (Phi) is 7.63. The minimum Gasteiger partial charge on any atom is -0.497 e. The van der Waals surface area contributed by atoms with E-state index in [0.717, 1.165) is 16.9 Å². The van der Waals surface area contributed by atoms with Gasteiger partial charge in [-0.25, -0.2) is 4.98 Å². The third-order valence-electron chi connectivity index (χ3n) is 4.75. The van der Waals surface area contributed by atoms with Crippen LogP contribution >= 0.6 is 7.60 Å². The van der Waals surface area contributed by atoms with Crippen molar-refractivity contribution < 1.29 is 27.7 Å². The van der Waals surface area contributed by atoms with Gasteiger partial charge in [-0.1, -0.05) is 24.3 Å². The molecule has 0 aliphatic heterocycles.